The number of hydrazone groups is 1. The lowest BCUT2D eigenvalue weighted by Crippen LogP contribution is -2.64. The Balaban J connectivity index is 1.43. The van der Waals surface area contributed by atoms with Crippen LogP contribution in [0, 0.1) is 17.5 Å². The van der Waals surface area contributed by atoms with Gasteiger partial charge >= 0.3 is 6.03 Å². The average Bonchev–Trinajstić information content (AvgIpc) is 3.14. The van der Waals surface area contributed by atoms with Gasteiger partial charge in [0, 0.05) is 18.7 Å². The quantitative estimate of drug-likeness (QED) is 0.793. The van der Waals surface area contributed by atoms with Crippen LogP contribution >= 0.6 is 0 Å². The summed E-state index contributed by atoms with van der Waals surface area (Å²) in [5.41, 5.74) is 0.357. The number of rotatable bonds is 3. The molecule has 28 heavy (non-hydrogen) atoms. The normalized spacial score (nSPS) is 23.6. The lowest BCUT2D eigenvalue weighted by atomic mass is 10.0. The van der Waals surface area contributed by atoms with Crippen LogP contribution < -0.4 is 4.74 Å². The maximum absolute atomic E-state index is 13.6. The summed E-state index contributed by atoms with van der Waals surface area (Å²) in [7, 11) is 0. The summed E-state index contributed by atoms with van der Waals surface area (Å²) in [6.07, 6.45) is 1.71. The minimum Gasteiger partial charge on any atom is -0.486 e. The van der Waals surface area contributed by atoms with Crippen LogP contribution in [0.1, 0.15) is 24.9 Å². The minimum absolute atomic E-state index is 0.224. The molecule has 1 unspecified atom stereocenters. The van der Waals surface area contributed by atoms with Gasteiger partial charge in [0.2, 0.25) is 0 Å². The predicted octanol–water partition coefficient (Wildman–Crippen LogP) is 4.11. The molecule has 8 heteroatoms. The first-order valence-corrected chi connectivity index (χ1v) is 8.93. The number of nitrogens with zero attached hydrogens (tertiary/aromatic N) is 3. The Morgan fingerprint density at radius 3 is 2.39 bits per heavy atom. The Kier molecular flexibility index (Phi) is 4.70. The number of ether oxygens (including phenoxy) is 1. The van der Waals surface area contributed by atoms with Crippen LogP contribution in [0.15, 0.2) is 47.6 Å². The maximum Gasteiger partial charge on any atom is 0.341 e. The third-order valence-corrected chi connectivity index (χ3v) is 5.05. The third kappa shape index (κ3) is 3.42. The molecule has 1 saturated heterocycles. The molecule has 2 aromatic rings. The number of likely N-dealkylation sites (tertiary alicyclic amines) is 1. The molecule has 4 rings (SSSR count). The highest BCUT2D eigenvalue weighted by atomic mass is 19.1. The Labute approximate surface area is 160 Å². The number of halogens is 3. The molecule has 2 aliphatic rings. The standard InChI is InChI=1S/C20H18F3N3O2/c1-12-19(28-17-4-2-14(21)3-5-17)11-25(12)20(27)26-18(6-7-24-26)13-8-15(22)10-16(23)9-13/h2-5,7-10,12,18-19H,6,11H2,1H3/t12-,18?,19-/m0/s1. The van der Waals surface area contributed by atoms with Gasteiger partial charge in [0.15, 0.2) is 0 Å². The molecule has 2 aliphatic heterocycles. The first-order valence-electron chi connectivity index (χ1n) is 8.93. The molecule has 2 amide bonds. The van der Waals surface area contributed by atoms with E-state index in [1.54, 1.807) is 11.1 Å². The fourth-order valence-electron chi connectivity index (χ4n) is 3.43. The highest BCUT2D eigenvalue weighted by molar-refractivity contribution is 5.79. The second-order valence-corrected chi connectivity index (χ2v) is 6.88. The van der Waals surface area contributed by atoms with Crippen molar-refractivity contribution in [1.29, 1.82) is 0 Å². The topological polar surface area (TPSA) is 45.1 Å². The highest BCUT2D eigenvalue weighted by Crippen LogP contribution is 2.33. The minimum atomic E-state index is -0.695. The fourth-order valence-corrected chi connectivity index (χ4v) is 3.43. The summed E-state index contributed by atoms with van der Waals surface area (Å²) in [6, 6.07) is 7.77. The lowest BCUT2D eigenvalue weighted by Gasteiger charge is -2.46. The van der Waals surface area contributed by atoms with Gasteiger partial charge in [0.05, 0.1) is 18.6 Å². The second-order valence-electron chi connectivity index (χ2n) is 6.88. The molecule has 146 valence electrons. The summed E-state index contributed by atoms with van der Waals surface area (Å²) in [5, 5.41) is 5.35. The summed E-state index contributed by atoms with van der Waals surface area (Å²) in [4.78, 5) is 14.5. The maximum atomic E-state index is 13.6. The van der Waals surface area contributed by atoms with Gasteiger partial charge in [0.25, 0.3) is 0 Å². The van der Waals surface area contributed by atoms with Crippen LogP contribution in [-0.4, -0.2) is 40.8 Å². The van der Waals surface area contributed by atoms with E-state index < -0.39 is 17.7 Å². The van der Waals surface area contributed by atoms with Gasteiger partial charge in [-0.05, 0) is 48.9 Å². The summed E-state index contributed by atoms with van der Waals surface area (Å²) < 4.78 is 45.9. The first kappa shape index (κ1) is 18.3. The number of amides is 2. The Bertz CT molecular complexity index is 899. The highest BCUT2D eigenvalue weighted by Gasteiger charge is 2.44. The van der Waals surface area contributed by atoms with E-state index >= 15 is 0 Å². The average molecular weight is 389 g/mol. The SMILES string of the molecule is C[C@H]1[C@@H](Oc2ccc(F)cc2)CN1C(=O)N1N=CCC1c1cc(F)cc(F)c1. The van der Waals surface area contributed by atoms with E-state index in [0.29, 0.717) is 24.3 Å². The lowest BCUT2D eigenvalue weighted by molar-refractivity contribution is -0.0197. The van der Waals surface area contributed by atoms with Crippen molar-refractivity contribution >= 4 is 12.2 Å². The van der Waals surface area contributed by atoms with Gasteiger partial charge in [0.1, 0.15) is 29.3 Å². The number of benzene rings is 2. The molecule has 0 N–H and O–H groups in total. The van der Waals surface area contributed by atoms with E-state index in [-0.39, 0.29) is 24.0 Å². The van der Waals surface area contributed by atoms with E-state index in [0.717, 1.165) is 6.07 Å². The molecular weight excluding hydrogens is 371 g/mol. The molecule has 0 radical (unpaired) electrons. The Hall–Kier alpha value is -3.03. The van der Waals surface area contributed by atoms with Crippen LogP contribution in [0.25, 0.3) is 0 Å². The zero-order valence-corrected chi connectivity index (χ0v) is 15.1. The number of hydrogen-bond acceptors (Lipinski definition) is 3. The molecule has 2 aromatic carbocycles. The molecular formula is C20H18F3N3O2. The molecule has 0 aromatic heterocycles. The monoisotopic (exact) mass is 389 g/mol. The van der Waals surface area contributed by atoms with E-state index in [1.165, 1.54) is 41.4 Å². The number of carbonyl (C=O) groups excluding carboxylic acids is 1. The van der Waals surface area contributed by atoms with Crippen molar-refractivity contribution in [1.82, 2.24) is 9.91 Å². The summed E-state index contributed by atoms with van der Waals surface area (Å²) in [6.45, 7) is 2.18. The van der Waals surface area contributed by atoms with Crippen molar-refractivity contribution in [3.63, 3.8) is 0 Å². The van der Waals surface area contributed by atoms with E-state index in [9.17, 15) is 18.0 Å². The molecule has 2 heterocycles. The largest absolute Gasteiger partial charge is 0.486 e. The van der Waals surface area contributed by atoms with Gasteiger partial charge in [-0.25, -0.2) is 23.0 Å². The van der Waals surface area contributed by atoms with Crippen LogP contribution in [0.2, 0.25) is 0 Å². The van der Waals surface area contributed by atoms with Crippen molar-refractivity contribution in [2.24, 2.45) is 5.10 Å². The van der Waals surface area contributed by atoms with E-state index in [4.69, 9.17) is 4.74 Å². The Morgan fingerprint density at radius 2 is 1.75 bits per heavy atom. The van der Waals surface area contributed by atoms with Crippen molar-refractivity contribution in [3.05, 3.63) is 65.5 Å². The first-order chi connectivity index (χ1) is 13.4. The van der Waals surface area contributed by atoms with Crippen LogP contribution in [0.3, 0.4) is 0 Å². The van der Waals surface area contributed by atoms with Crippen molar-refractivity contribution in [3.8, 4) is 5.75 Å². The van der Waals surface area contributed by atoms with Gasteiger partial charge in [-0.2, -0.15) is 5.10 Å². The molecule has 0 spiro atoms. The van der Waals surface area contributed by atoms with Gasteiger partial charge < -0.3 is 9.64 Å². The smallest absolute Gasteiger partial charge is 0.341 e. The van der Waals surface area contributed by atoms with Gasteiger partial charge in [-0.3, -0.25) is 0 Å². The number of hydrogen-bond donors (Lipinski definition) is 0. The second kappa shape index (κ2) is 7.18. The zero-order valence-electron chi connectivity index (χ0n) is 15.1. The molecule has 3 atom stereocenters. The molecule has 0 saturated carbocycles. The van der Waals surface area contributed by atoms with Crippen molar-refractivity contribution in [2.45, 2.75) is 31.5 Å². The Morgan fingerprint density at radius 1 is 1.07 bits per heavy atom. The molecule has 5 nitrogen and oxygen atoms in total. The summed E-state index contributed by atoms with van der Waals surface area (Å²) >= 11 is 0. The van der Waals surface area contributed by atoms with Gasteiger partial charge in [-0.15, -0.1) is 0 Å². The van der Waals surface area contributed by atoms with Crippen LogP contribution in [0.5, 0.6) is 5.75 Å². The van der Waals surface area contributed by atoms with Crippen molar-refractivity contribution in [2.75, 3.05) is 6.54 Å². The molecule has 1 fully saturated rings. The fraction of sp³-hybridized carbons (Fsp3) is 0.300. The van der Waals surface area contributed by atoms with E-state index in [1.807, 2.05) is 6.92 Å². The van der Waals surface area contributed by atoms with Crippen LogP contribution in [-0.2, 0) is 0 Å². The zero-order chi connectivity index (χ0) is 19.8. The third-order valence-electron chi connectivity index (χ3n) is 5.05. The predicted molar refractivity (Wildman–Crippen MR) is 96.4 cm³/mol. The number of urea groups is 1. The van der Waals surface area contributed by atoms with E-state index in [2.05, 4.69) is 5.10 Å². The van der Waals surface area contributed by atoms with Gasteiger partial charge in [-0.1, -0.05) is 0 Å². The number of carbonyl (C=O) groups is 1. The van der Waals surface area contributed by atoms with Crippen LogP contribution in [0.4, 0.5) is 18.0 Å². The molecule has 0 bridgehead atoms. The molecule has 0 aliphatic carbocycles. The summed E-state index contributed by atoms with van der Waals surface area (Å²) in [5.74, 6) is -1.21. The van der Waals surface area contributed by atoms with Crippen molar-refractivity contribution < 1.29 is 22.7 Å².